The number of carboxylic acid groups (broad SMARTS) is 2. The van der Waals surface area contributed by atoms with Crippen molar-refractivity contribution in [2.45, 2.75) is 31.6 Å². The Morgan fingerprint density at radius 3 is 2.38 bits per heavy atom. The Balaban J connectivity index is 2.30. The number of amides is 1. The number of allylic oxidation sites excluding steroid dienone is 1. The van der Waals surface area contributed by atoms with E-state index < -0.39 is 48.6 Å². The van der Waals surface area contributed by atoms with E-state index in [1.165, 1.54) is 11.1 Å². The average molecular weight is 340 g/mol. The summed E-state index contributed by atoms with van der Waals surface area (Å²) in [6.07, 6.45) is 2.91. The van der Waals surface area contributed by atoms with Crippen LogP contribution in [0.1, 0.15) is 19.3 Å². The van der Waals surface area contributed by atoms with Gasteiger partial charge < -0.3 is 30.7 Å². The van der Waals surface area contributed by atoms with Crippen LogP contribution in [-0.4, -0.2) is 57.0 Å². The minimum Gasteiger partial charge on any atom is -0.481 e. The molecule has 2 rings (SSSR count). The minimum absolute atomic E-state index is 0.316. The van der Waals surface area contributed by atoms with Gasteiger partial charge in [-0.15, -0.1) is 0 Å². The summed E-state index contributed by atoms with van der Waals surface area (Å²) in [7, 11) is 0. The maximum absolute atomic E-state index is 11.3. The number of aliphatic hydroxyl groups is 1. The number of hydrogen-bond acceptors (Lipinski definition) is 6. The van der Waals surface area contributed by atoms with Crippen LogP contribution in [0.3, 0.4) is 0 Å². The zero-order valence-corrected chi connectivity index (χ0v) is 12.9. The van der Waals surface area contributed by atoms with Crippen molar-refractivity contribution in [2.75, 3.05) is 6.61 Å². The van der Waals surface area contributed by atoms with Crippen LogP contribution in [0.5, 0.6) is 0 Å². The van der Waals surface area contributed by atoms with Gasteiger partial charge in [-0.3, -0.25) is 14.4 Å². The molecule has 0 aliphatic carbocycles. The van der Waals surface area contributed by atoms with Crippen LogP contribution >= 0.6 is 0 Å². The van der Waals surface area contributed by atoms with Crippen molar-refractivity contribution in [3.63, 3.8) is 0 Å². The second-order valence-corrected chi connectivity index (χ2v) is 5.83. The van der Waals surface area contributed by atoms with E-state index in [2.05, 4.69) is 0 Å². The molecule has 5 N–H and O–H groups in total. The molecule has 1 unspecified atom stereocenters. The molecule has 0 saturated carbocycles. The van der Waals surface area contributed by atoms with Gasteiger partial charge in [-0.2, -0.15) is 0 Å². The fourth-order valence-corrected chi connectivity index (χ4v) is 3.18. The second kappa shape index (κ2) is 7.45. The first kappa shape index (κ1) is 18.0. The lowest BCUT2D eigenvalue weighted by atomic mass is 9.84. The fraction of sp³-hybridized carbons (Fsp3) is 0.533. The van der Waals surface area contributed by atoms with E-state index in [0.29, 0.717) is 12.0 Å². The number of carbonyl (C=O) groups excluding carboxylic acids is 1. The van der Waals surface area contributed by atoms with Crippen LogP contribution < -0.4 is 5.73 Å². The van der Waals surface area contributed by atoms with Gasteiger partial charge >= 0.3 is 11.9 Å². The Morgan fingerprint density at radius 1 is 1.21 bits per heavy atom. The molecule has 2 heterocycles. The molecular weight excluding hydrogens is 320 g/mol. The predicted octanol–water partition coefficient (Wildman–Crippen LogP) is -0.526. The Kier molecular flexibility index (Phi) is 5.58. The van der Waals surface area contributed by atoms with E-state index in [1.54, 1.807) is 12.3 Å². The van der Waals surface area contributed by atoms with Crippen LogP contribution in [0.15, 0.2) is 24.0 Å². The maximum Gasteiger partial charge on any atom is 0.303 e. The van der Waals surface area contributed by atoms with Crippen LogP contribution in [0.4, 0.5) is 0 Å². The van der Waals surface area contributed by atoms with E-state index in [4.69, 9.17) is 20.7 Å². The highest BCUT2D eigenvalue weighted by Gasteiger charge is 2.47. The first-order chi connectivity index (χ1) is 11.3. The largest absolute Gasteiger partial charge is 0.481 e. The minimum atomic E-state index is -1.10. The lowest BCUT2D eigenvalue weighted by Crippen LogP contribution is -2.36. The summed E-state index contributed by atoms with van der Waals surface area (Å²) in [6.45, 7) is -0.422. The smallest absolute Gasteiger partial charge is 0.303 e. The topological polar surface area (TPSA) is 150 Å². The van der Waals surface area contributed by atoms with Gasteiger partial charge in [-0.25, -0.2) is 0 Å². The maximum atomic E-state index is 11.3. The molecule has 0 spiro atoms. The molecule has 0 aromatic rings. The van der Waals surface area contributed by atoms with Crippen LogP contribution in [-0.2, 0) is 19.1 Å². The van der Waals surface area contributed by atoms with Gasteiger partial charge in [0, 0.05) is 29.8 Å². The molecule has 1 fully saturated rings. The van der Waals surface area contributed by atoms with Crippen molar-refractivity contribution in [1.82, 2.24) is 4.90 Å². The number of aliphatic hydroxyl groups excluding tert-OH is 1. The zero-order chi connectivity index (χ0) is 17.9. The van der Waals surface area contributed by atoms with E-state index in [9.17, 15) is 19.5 Å². The zero-order valence-electron chi connectivity index (χ0n) is 12.9. The third-order valence-electron chi connectivity index (χ3n) is 4.24. The number of primary amides is 1. The Labute approximate surface area is 138 Å². The molecule has 132 valence electrons. The van der Waals surface area contributed by atoms with Crippen LogP contribution in [0.25, 0.3) is 0 Å². The molecule has 9 nitrogen and oxygen atoms in total. The predicted molar refractivity (Wildman–Crippen MR) is 80.1 cm³/mol. The van der Waals surface area contributed by atoms with Crippen molar-refractivity contribution >= 4 is 17.8 Å². The summed E-state index contributed by atoms with van der Waals surface area (Å²) >= 11 is 0. The number of hydrogen-bond donors (Lipinski definition) is 4. The van der Waals surface area contributed by atoms with Gasteiger partial charge in [-0.1, -0.05) is 6.08 Å². The molecule has 0 aromatic carbocycles. The highest BCUT2D eigenvalue weighted by Crippen LogP contribution is 2.40. The summed E-state index contributed by atoms with van der Waals surface area (Å²) in [5.41, 5.74) is 5.60. The van der Waals surface area contributed by atoms with Crippen LogP contribution in [0, 0.1) is 11.8 Å². The summed E-state index contributed by atoms with van der Waals surface area (Å²) < 4.78 is 5.71. The molecule has 2 aliphatic rings. The summed E-state index contributed by atoms with van der Waals surface area (Å²) in [6, 6.07) is 0. The quantitative estimate of drug-likeness (QED) is 0.483. The first-order valence-electron chi connectivity index (χ1n) is 7.48. The van der Waals surface area contributed by atoms with Crippen molar-refractivity contribution in [1.29, 1.82) is 0 Å². The highest BCUT2D eigenvalue weighted by atomic mass is 16.5. The van der Waals surface area contributed by atoms with Crippen LogP contribution in [0.2, 0.25) is 0 Å². The molecule has 2 aliphatic heterocycles. The molecule has 24 heavy (non-hydrogen) atoms. The number of carbonyl (C=O) groups is 3. The first-order valence-corrected chi connectivity index (χ1v) is 7.48. The van der Waals surface area contributed by atoms with E-state index in [1.807, 2.05) is 0 Å². The normalized spacial score (nSPS) is 29.4. The lowest BCUT2D eigenvalue weighted by Gasteiger charge is -2.31. The van der Waals surface area contributed by atoms with E-state index in [-0.39, 0.29) is 12.8 Å². The number of ether oxygens (including phenoxy) is 1. The SMILES string of the molecule is NC(=O)C1=CN(C2O[C@@H](CO)[C@H](CC(=O)O)[C@H]2CC(=O)O)C=CC1. The van der Waals surface area contributed by atoms with Crippen molar-refractivity contribution in [2.24, 2.45) is 17.6 Å². The Bertz CT molecular complexity index is 586. The summed E-state index contributed by atoms with van der Waals surface area (Å²) in [4.78, 5) is 35.1. The Hall–Kier alpha value is -2.39. The number of carboxylic acids is 2. The molecular formula is C15H20N2O7. The van der Waals surface area contributed by atoms with Crippen molar-refractivity contribution in [3.05, 3.63) is 24.0 Å². The molecule has 1 saturated heterocycles. The summed E-state index contributed by atoms with van der Waals surface area (Å²) in [5.74, 6) is -4.11. The molecule has 4 atom stereocenters. The van der Waals surface area contributed by atoms with Crippen molar-refractivity contribution < 1.29 is 34.4 Å². The number of nitrogens with zero attached hydrogens (tertiary/aromatic N) is 1. The molecule has 9 heteroatoms. The molecule has 0 radical (unpaired) electrons. The molecule has 1 amide bonds. The van der Waals surface area contributed by atoms with Gasteiger partial charge in [0.05, 0.1) is 25.6 Å². The van der Waals surface area contributed by atoms with Gasteiger partial charge in [0.1, 0.15) is 6.23 Å². The van der Waals surface area contributed by atoms with E-state index in [0.717, 1.165) is 0 Å². The van der Waals surface area contributed by atoms with Gasteiger partial charge in [-0.05, 0) is 6.42 Å². The number of aliphatic carboxylic acids is 2. The molecule has 0 aromatic heterocycles. The highest BCUT2D eigenvalue weighted by molar-refractivity contribution is 5.92. The van der Waals surface area contributed by atoms with Crippen molar-refractivity contribution in [3.8, 4) is 0 Å². The fourth-order valence-electron chi connectivity index (χ4n) is 3.18. The average Bonchev–Trinajstić information content (AvgIpc) is 2.84. The standard InChI is InChI=1S/C15H20N2O7/c16-14(23)8-2-1-3-17(6-8)15-10(5-13(21)22)9(4-12(19)20)11(7-18)24-15/h1,3,6,9-11,15,18H,2,4-5,7H2,(H2,16,23)(H,19,20)(H,21,22)/t9-,10-,11+,15?/m1/s1. The van der Waals surface area contributed by atoms with Gasteiger partial charge in [0.15, 0.2) is 0 Å². The number of rotatable bonds is 7. The number of nitrogens with two attached hydrogens (primary N) is 1. The second-order valence-electron chi connectivity index (χ2n) is 5.83. The Morgan fingerprint density at radius 2 is 1.83 bits per heavy atom. The monoisotopic (exact) mass is 340 g/mol. The third kappa shape index (κ3) is 3.92. The lowest BCUT2D eigenvalue weighted by molar-refractivity contribution is -0.142. The molecule has 0 bridgehead atoms. The third-order valence-corrected chi connectivity index (χ3v) is 4.24. The van der Waals surface area contributed by atoms with Gasteiger partial charge in [0.2, 0.25) is 5.91 Å². The van der Waals surface area contributed by atoms with Gasteiger partial charge in [0.25, 0.3) is 0 Å². The van der Waals surface area contributed by atoms with E-state index >= 15 is 0 Å². The summed E-state index contributed by atoms with van der Waals surface area (Å²) in [5, 5.41) is 27.7.